The minimum absolute atomic E-state index is 0.566. The fourth-order valence-corrected chi connectivity index (χ4v) is 3.33. The van der Waals surface area contributed by atoms with Crippen LogP contribution >= 0.6 is 0 Å². The van der Waals surface area contributed by atoms with Crippen molar-refractivity contribution in [2.24, 2.45) is 5.92 Å². The molecule has 3 heterocycles. The summed E-state index contributed by atoms with van der Waals surface area (Å²) >= 11 is 0. The van der Waals surface area contributed by atoms with Gasteiger partial charge in [-0.05, 0) is 38.3 Å². The molecule has 0 amide bonds. The number of nitrogens with zero attached hydrogens (tertiary/aromatic N) is 2. The van der Waals surface area contributed by atoms with Crippen LogP contribution in [0.3, 0.4) is 0 Å². The number of nitrogens with one attached hydrogen (secondary N) is 2. The maximum Gasteiger partial charge on any atom is 0.124 e. The topological polar surface area (TPSA) is 41.9 Å². The lowest BCUT2D eigenvalue weighted by molar-refractivity contribution is 0.309. The van der Waals surface area contributed by atoms with E-state index in [9.17, 15) is 0 Å². The van der Waals surface area contributed by atoms with E-state index in [1.807, 2.05) is 0 Å². The van der Waals surface area contributed by atoms with Gasteiger partial charge in [-0.15, -0.1) is 0 Å². The highest BCUT2D eigenvalue weighted by atomic mass is 15.4. The number of rotatable bonds is 2. The maximum atomic E-state index is 4.90. The van der Waals surface area contributed by atoms with Crippen LogP contribution in [0.4, 0.5) is 5.82 Å². The number of aromatic nitrogens is 2. The monoisotopic (exact) mass is 248 g/mol. The highest BCUT2D eigenvalue weighted by Crippen LogP contribution is 2.34. The third-order valence-electron chi connectivity index (χ3n) is 4.51. The van der Waals surface area contributed by atoms with Gasteiger partial charge in [-0.3, -0.25) is 0 Å². The molecular weight excluding hydrogens is 224 g/mol. The second kappa shape index (κ2) is 4.92. The second-order valence-electron chi connectivity index (χ2n) is 5.76. The van der Waals surface area contributed by atoms with Crippen LogP contribution in [-0.4, -0.2) is 29.4 Å². The molecule has 0 aromatic carbocycles. The Morgan fingerprint density at radius 3 is 2.89 bits per heavy atom. The third-order valence-corrected chi connectivity index (χ3v) is 4.51. The van der Waals surface area contributed by atoms with Crippen LogP contribution in [0.25, 0.3) is 0 Å². The molecule has 0 bridgehead atoms. The van der Waals surface area contributed by atoms with E-state index in [1.54, 1.807) is 0 Å². The minimum Gasteiger partial charge on any atom is -0.370 e. The molecule has 1 aromatic rings. The maximum absolute atomic E-state index is 4.90. The summed E-state index contributed by atoms with van der Waals surface area (Å²) in [5, 5.41) is 11.8. The van der Waals surface area contributed by atoms with Gasteiger partial charge in [-0.2, -0.15) is 5.10 Å². The van der Waals surface area contributed by atoms with Gasteiger partial charge in [-0.25, -0.2) is 4.68 Å². The molecule has 0 radical (unpaired) electrons. The quantitative estimate of drug-likeness (QED) is 0.844. The van der Waals surface area contributed by atoms with Crippen molar-refractivity contribution in [1.82, 2.24) is 15.1 Å². The summed E-state index contributed by atoms with van der Waals surface area (Å²) in [5.41, 5.74) is 1.30. The molecule has 2 unspecified atom stereocenters. The molecule has 0 spiro atoms. The minimum atomic E-state index is 0.566. The van der Waals surface area contributed by atoms with Crippen molar-refractivity contribution in [3.05, 3.63) is 11.8 Å². The van der Waals surface area contributed by atoms with E-state index in [0.29, 0.717) is 17.9 Å². The Balaban J connectivity index is 1.86. The summed E-state index contributed by atoms with van der Waals surface area (Å²) in [5.74, 6) is 2.55. The van der Waals surface area contributed by atoms with E-state index in [4.69, 9.17) is 5.10 Å². The molecular formula is C14H24N4. The first-order valence-corrected chi connectivity index (χ1v) is 7.33. The first kappa shape index (κ1) is 12.0. The van der Waals surface area contributed by atoms with Crippen molar-refractivity contribution in [1.29, 1.82) is 0 Å². The summed E-state index contributed by atoms with van der Waals surface area (Å²) in [7, 11) is 0. The van der Waals surface area contributed by atoms with Crippen LogP contribution < -0.4 is 10.6 Å². The molecule has 18 heavy (non-hydrogen) atoms. The average Bonchev–Trinajstić information content (AvgIpc) is 2.84. The lowest BCUT2D eigenvalue weighted by Gasteiger charge is -2.30. The van der Waals surface area contributed by atoms with Gasteiger partial charge in [0.05, 0.1) is 11.7 Å². The van der Waals surface area contributed by atoms with E-state index >= 15 is 0 Å². The van der Waals surface area contributed by atoms with Gasteiger partial charge >= 0.3 is 0 Å². The molecule has 2 aliphatic heterocycles. The van der Waals surface area contributed by atoms with Gasteiger partial charge in [0.2, 0.25) is 0 Å². The smallest absolute Gasteiger partial charge is 0.124 e. The Bertz CT molecular complexity index is 406. The van der Waals surface area contributed by atoms with Crippen molar-refractivity contribution in [2.75, 3.05) is 25.0 Å². The predicted octanol–water partition coefficient (Wildman–Crippen LogP) is 2.36. The summed E-state index contributed by atoms with van der Waals surface area (Å²) in [6, 6.07) is 2.85. The molecule has 3 rings (SSSR count). The molecule has 2 atom stereocenters. The van der Waals surface area contributed by atoms with Crippen molar-refractivity contribution in [3.63, 3.8) is 0 Å². The number of hydrogen-bond donors (Lipinski definition) is 2. The lowest BCUT2D eigenvalue weighted by Crippen LogP contribution is -2.31. The van der Waals surface area contributed by atoms with E-state index in [0.717, 1.165) is 19.6 Å². The molecule has 100 valence electrons. The van der Waals surface area contributed by atoms with Gasteiger partial charge in [0.1, 0.15) is 5.82 Å². The summed E-state index contributed by atoms with van der Waals surface area (Å²) in [6.07, 6.45) is 3.62. The zero-order chi connectivity index (χ0) is 12.5. The molecule has 2 aliphatic rings. The molecule has 0 aliphatic carbocycles. The number of fused-ring (bicyclic) bond motifs is 1. The fourth-order valence-electron chi connectivity index (χ4n) is 3.33. The van der Waals surface area contributed by atoms with Crippen LogP contribution in [0, 0.1) is 5.92 Å². The molecule has 4 nitrogen and oxygen atoms in total. The van der Waals surface area contributed by atoms with Crippen molar-refractivity contribution < 1.29 is 0 Å². The number of hydrogen-bond acceptors (Lipinski definition) is 3. The van der Waals surface area contributed by atoms with Crippen LogP contribution in [0.5, 0.6) is 0 Å². The fraction of sp³-hybridized carbons (Fsp3) is 0.786. The van der Waals surface area contributed by atoms with E-state index in [-0.39, 0.29) is 0 Å². The molecule has 1 aromatic heterocycles. The summed E-state index contributed by atoms with van der Waals surface area (Å²) in [4.78, 5) is 0. The molecule has 1 fully saturated rings. The first-order chi connectivity index (χ1) is 8.79. The SMILES string of the molecule is CCC1C(C)CNc2cc(C3CCNCC3)nn21. The highest BCUT2D eigenvalue weighted by molar-refractivity contribution is 5.40. The van der Waals surface area contributed by atoms with E-state index in [1.165, 1.54) is 30.8 Å². The highest BCUT2D eigenvalue weighted by Gasteiger charge is 2.28. The Kier molecular flexibility index (Phi) is 3.29. The Morgan fingerprint density at radius 1 is 1.39 bits per heavy atom. The van der Waals surface area contributed by atoms with E-state index < -0.39 is 0 Å². The largest absolute Gasteiger partial charge is 0.370 e. The van der Waals surface area contributed by atoms with Crippen molar-refractivity contribution >= 4 is 5.82 Å². The lowest BCUT2D eigenvalue weighted by atomic mass is 9.95. The van der Waals surface area contributed by atoms with Crippen LogP contribution in [0.2, 0.25) is 0 Å². The number of piperidine rings is 1. The second-order valence-corrected chi connectivity index (χ2v) is 5.76. The average molecular weight is 248 g/mol. The van der Waals surface area contributed by atoms with Crippen molar-refractivity contribution in [2.45, 2.75) is 45.1 Å². The van der Waals surface area contributed by atoms with Crippen LogP contribution in [-0.2, 0) is 0 Å². The Morgan fingerprint density at radius 2 is 2.17 bits per heavy atom. The summed E-state index contributed by atoms with van der Waals surface area (Å²) < 4.78 is 2.24. The zero-order valence-corrected chi connectivity index (χ0v) is 11.4. The standard InChI is InChI=1S/C14H24N4/c1-3-13-10(2)9-16-14-8-12(17-18(13)14)11-4-6-15-7-5-11/h8,10-11,13,15-16H,3-7,9H2,1-2H3. The van der Waals surface area contributed by atoms with Gasteiger partial charge in [0, 0.05) is 18.5 Å². The molecule has 2 N–H and O–H groups in total. The molecule has 1 saturated heterocycles. The van der Waals surface area contributed by atoms with Crippen LogP contribution in [0.15, 0.2) is 6.07 Å². The normalized spacial score (nSPS) is 28.8. The zero-order valence-electron chi connectivity index (χ0n) is 11.4. The van der Waals surface area contributed by atoms with Gasteiger partial charge in [-0.1, -0.05) is 13.8 Å². The Hall–Kier alpha value is -1.03. The van der Waals surface area contributed by atoms with Crippen LogP contribution in [0.1, 0.15) is 50.8 Å². The van der Waals surface area contributed by atoms with E-state index in [2.05, 4.69) is 35.2 Å². The van der Waals surface area contributed by atoms with Gasteiger partial charge < -0.3 is 10.6 Å². The van der Waals surface area contributed by atoms with Crippen molar-refractivity contribution in [3.8, 4) is 0 Å². The number of anilines is 1. The third kappa shape index (κ3) is 2.03. The van der Waals surface area contributed by atoms with Gasteiger partial charge in [0.25, 0.3) is 0 Å². The molecule has 0 saturated carbocycles. The Labute approximate surface area is 109 Å². The molecule has 4 heteroatoms. The summed E-state index contributed by atoms with van der Waals surface area (Å²) in [6.45, 7) is 7.93. The first-order valence-electron chi connectivity index (χ1n) is 7.33. The predicted molar refractivity (Wildman–Crippen MR) is 74.1 cm³/mol. The van der Waals surface area contributed by atoms with Gasteiger partial charge in [0.15, 0.2) is 0 Å².